The monoisotopic (exact) mass is 496 g/mol. The number of hydrogen-bond donors (Lipinski definition) is 1. The van der Waals surface area contributed by atoms with Crippen LogP contribution in [0.25, 0.3) is 22.2 Å². The van der Waals surface area contributed by atoms with Crippen LogP contribution in [0.15, 0.2) is 53.4 Å². The lowest BCUT2D eigenvalue weighted by Gasteiger charge is -2.32. The van der Waals surface area contributed by atoms with Crippen molar-refractivity contribution in [1.29, 1.82) is 0 Å². The van der Waals surface area contributed by atoms with Crippen LogP contribution >= 0.6 is 0 Å². The Labute approximate surface area is 206 Å². The quantitative estimate of drug-likeness (QED) is 0.566. The number of sulfonamides is 1. The number of amides is 1. The number of aromatic amines is 1. The second kappa shape index (κ2) is 9.64. The van der Waals surface area contributed by atoms with Gasteiger partial charge in [0.05, 0.1) is 18.1 Å². The van der Waals surface area contributed by atoms with Crippen molar-refractivity contribution in [3.8, 4) is 11.3 Å². The smallest absolute Gasteiger partial charge is 0.243 e. The molecule has 2 fully saturated rings. The predicted molar refractivity (Wildman–Crippen MR) is 137 cm³/mol. The molecule has 3 aromatic rings. The molecule has 1 atom stereocenters. The summed E-state index contributed by atoms with van der Waals surface area (Å²) in [5, 5.41) is 1.07. The first-order valence-corrected chi connectivity index (χ1v) is 13.6. The molecule has 1 N–H and O–H groups in total. The summed E-state index contributed by atoms with van der Waals surface area (Å²) in [5.74, 6) is -0.205. The minimum absolute atomic E-state index is 0.179. The Morgan fingerprint density at radius 3 is 2.46 bits per heavy atom. The van der Waals surface area contributed by atoms with E-state index in [1.807, 2.05) is 30.3 Å². The van der Waals surface area contributed by atoms with Gasteiger partial charge in [0.2, 0.25) is 15.9 Å². The minimum atomic E-state index is -3.90. The lowest BCUT2D eigenvalue weighted by Crippen LogP contribution is -2.50. The highest BCUT2D eigenvalue weighted by atomic mass is 32.2. The van der Waals surface area contributed by atoms with Crippen LogP contribution < -0.4 is 4.90 Å². The third-order valence-electron chi connectivity index (χ3n) is 7.14. The lowest BCUT2D eigenvalue weighted by molar-refractivity contribution is -0.138. The molecule has 0 unspecified atom stereocenters. The highest BCUT2D eigenvalue weighted by Gasteiger charge is 2.33. The van der Waals surface area contributed by atoms with Crippen molar-refractivity contribution >= 4 is 32.5 Å². The van der Waals surface area contributed by atoms with Crippen LogP contribution in [0, 0.1) is 0 Å². The van der Waals surface area contributed by atoms with Gasteiger partial charge in [-0.1, -0.05) is 18.2 Å². The fourth-order valence-corrected chi connectivity index (χ4v) is 6.27. The molecule has 9 heteroatoms. The number of benzene rings is 2. The zero-order chi connectivity index (χ0) is 24.6. The molecule has 0 spiro atoms. The van der Waals surface area contributed by atoms with E-state index in [-0.39, 0.29) is 10.8 Å². The second-order valence-corrected chi connectivity index (χ2v) is 11.3. The maximum Gasteiger partial charge on any atom is 0.243 e. The first-order valence-electron chi connectivity index (χ1n) is 12.2. The van der Waals surface area contributed by atoms with Crippen molar-refractivity contribution in [2.24, 2.45) is 0 Å². The van der Waals surface area contributed by atoms with Gasteiger partial charge >= 0.3 is 0 Å². The van der Waals surface area contributed by atoms with E-state index in [0.29, 0.717) is 26.3 Å². The summed E-state index contributed by atoms with van der Waals surface area (Å²) in [6.45, 7) is 5.45. The molecule has 0 bridgehead atoms. The molecular weight excluding hydrogens is 464 g/mol. The van der Waals surface area contributed by atoms with Crippen molar-refractivity contribution in [1.82, 2.24) is 14.2 Å². The van der Waals surface area contributed by atoms with Gasteiger partial charge in [0.15, 0.2) is 0 Å². The molecule has 2 aliphatic heterocycles. The van der Waals surface area contributed by atoms with Crippen LogP contribution in [-0.2, 0) is 19.6 Å². The first-order chi connectivity index (χ1) is 16.9. The number of ether oxygens (including phenoxy) is 1. The summed E-state index contributed by atoms with van der Waals surface area (Å²) < 4.78 is 33.8. The molecule has 2 aromatic carbocycles. The van der Waals surface area contributed by atoms with Gasteiger partial charge in [0.25, 0.3) is 0 Å². The Balaban J connectivity index is 1.51. The van der Waals surface area contributed by atoms with E-state index in [9.17, 15) is 13.2 Å². The van der Waals surface area contributed by atoms with Crippen molar-refractivity contribution in [3.05, 3.63) is 48.5 Å². The SMILES string of the molecule is C[C@@H](C(=O)N1CCOCC1)N(C)S(=O)(=O)c1ccc(N2CCCC2)c(-c2cc3ccccc3[nH]2)c1. The first kappa shape index (κ1) is 23.8. The normalized spacial score (nSPS) is 17.9. The van der Waals surface area contributed by atoms with E-state index < -0.39 is 16.1 Å². The van der Waals surface area contributed by atoms with E-state index in [2.05, 4.69) is 16.0 Å². The van der Waals surface area contributed by atoms with Gasteiger partial charge < -0.3 is 19.5 Å². The van der Waals surface area contributed by atoms with Crippen LogP contribution in [0.5, 0.6) is 0 Å². The lowest BCUT2D eigenvalue weighted by atomic mass is 10.1. The molecular formula is C26H32N4O4S. The van der Waals surface area contributed by atoms with Gasteiger partial charge in [-0.05, 0) is 50.1 Å². The second-order valence-electron chi connectivity index (χ2n) is 9.28. The molecule has 35 heavy (non-hydrogen) atoms. The van der Waals surface area contributed by atoms with E-state index in [4.69, 9.17) is 4.74 Å². The average molecular weight is 497 g/mol. The fraction of sp³-hybridized carbons (Fsp3) is 0.423. The van der Waals surface area contributed by atoms with Gasteiger partial charge in [0.1, 0.15) is 6.04 Å². The summed E-state index contributed by atoms with van der Waals surface area (Å²) >= 11 is 0. The molecule has 0 saturated carbocycles. The molecule has 1 amide bonds. The third-order valence-corrected chi connectivity index (χ3v) is 9.06. The van der Waals surface area contributed by atoms with Gasteiger partial charge in [-0.2, -0.15) is 4.31 Å². The van der Waals surface area contributed by atoms with E-state index >= 15 is 0 Å². The number of carbonyl (C=O) groups is 1. The van der Waals surface area contributed by atoms with E-state index in [0.717, 1.165) is 53.8 Å². The number of nitrogens with zero attached hydrogens (tertiary/aromatic N) is 3. The summed E-state index contributed by atoms with van der Waals surface area (Å²) in [5.41, 5.74) is 3.76. The van der Waals surface area contributed by atoms with Gasteiger partial charge in [-0.15, -0.1) is 0 Å². The molecule has 8 nitrogen and oxygen atoms in total. The van der Waals surface area contributed by atoms with Crippen molar-refractivity contribution in [2.75, 3.05) is 51.3 Å². The van der Waals surface area contributed by atoms with Crippen LogP contribution in [-0.4, -0.2) is 81.0 Å². The maximum absolute atomic E-state index is 13.7. The summed E-state index contributed by atoms with van der Waals surface area (Å²) in [6, 6.07) is 14.6. The number of rotatable bonds is 6. The molecule has 0 aliphatic carbocycles. The van der Waals surface area contributed by atoms with Crippen LogP contribution in [0.1, 0.15) is 19.8 Å². The van der Waals surface area contributed by atoms with Gasteiger partial charge in [-0.25, -0.2) is 8.42 Å². The molecule has 5 rings (SSSR count). The zero-order valence-electron chi connectivity index (χ0n) is 20.2. The molecule has 1 aromatic heterocycles. The largest absolute Gasteiger partial charge is 0.378 e. The highest BCUT2D eigenvalue weighted by Crippen LogP contribution is 2.36. The minimum Gasteiger partial charge on any atom is -0.378 e. The Hall–Kier alpha value is -2.88. The number of fused-ring (bicyclic) bond motifs is 1. The molecule has 186 valence electrons. The fourth-order valence-electron chi connectivity index (χ4n) is 4.92. The predicted octanol–water partition coefficient (Wildman–Crippen LogP) is 3.30. The number of para-hydroxylation sites is 1. The van der Waals surface area contributed by atoms with Crippen LogP contribution in [0.4, 0.5) is 5.69 Å². The summed E-state index contributed by atoms with van der Waals surface area (Å²) in [4.78, 5) is 20.6. The van der Waals surface area contributed by atoms with Crippen LogP contribution in [0.2, 0.25) is 0 Å². The Bertz CT molecular complexity index is 1290. The number of anilines is 1. The number of hydrogen-bond acceptors (Lipinski definition) is 5. The summed E-state index contributed by atoms with van der Waals surface area (Å²) in [7, 11) is -2.42. The van der Waals surface area contributed by atoms with Crippen LogP contribution in [0.3, 0.4) is 0 Å². The Morgan fingerprint density at radius 2 is 1.74 bits per heavy atom. The number of morpholine rings is 1. The summed E-state index contributed by atoms with van der Waals surface area (Å²) in [6.07, 6.45) is 2.24. The zero-order valence-corrected chi connectivity index (χ0v) is 21.1. The number of carbonyl (C=O) groups excluding carboxylic acids is 1. The number of likely N-dealkylation sites (N-methyl/N-ethyl adjacent to an activating group) is 1. The van der Waals surface area contributed by atoms with E-state index in [1.54, 1.807) is 24.0 Å². The third kappa shape index (κ3) is 4.55. The average Bonchev–Trinajstić information content (AvgIpc) is 3.58. The topological polar surface area (TPSA) is 85.9 Å². The number of nitrogens with one attached hydrogen (secondary N) is 1. The maximum atomic E-state index is 13.7. The highest BCUT2D eigenvalue weighted by molar-refractivity contribution is 7.89. The molecule has 0 radical (unpaired) electrons. The number of H-pyrrole nitrogens is 1. The number of aromatic nitrogens is 1. The van der Waals surface area contributed by atoms with Gasteiger partial charge in [0, 0.05) is 61.1 Å². The Kier molecular flexibility index (Phi) is 6.57. The van der Waals surface area contributed by atoms with Crippen molar-refractivity contribution < 1.29 is 17.9 Å². The van der Waals surface area contributed by atoms with E-state index in [1.165, 1.54) is 11.4 Å². The molecule has 2 saturated heterocycles. The van der Waals surface area contributed by atoms with Crippen molar-refractivity contribution in [3.63, 3.8) is 0 Å². The standard InChI is InChI=1S/C26H32N4O4S/c1-19(26(31)30-13-15-34-16-14-30)28(2)35(32,33)21-9-10-25(29-11-5-6-12-29)22(18-21)24-17-20-7-3-4-8-23(20)27-24/h3-4,7-10,17-19,27H,5-6,11-16H2,1-2H3/t19-/m0/s1. The van der Waals surface area contributed by atoms with Gasteiger partial charge in [-0.3, -0.25) is 4.79 Å². The molecule has 3 heterocycles. The van der Waals surface area contributed by atoms with Crippen molar-refractivity contribution in [2.45, 2.75) is 30.7 Å². The Morgan fingerprint density at radius 1 is 1.03 bits per heavy atom. The molecule has 2 aliphatic rings.